The normalized spacial score (nSPS) is 14.7. The Morgan fingerprint density at radius 3 is 2.85 bits per heavy atom. The van der Waals surface area contributed by atoms with Gasteiger partial charge >= 0.3 is 5.97 Å². The van der Waals surface area contributed by atoms with E-state index in [2.05, 4.69) is 10.6 Å². The van der Waals surface area contributed by atoms with Crippen LogP contribution in [0, 0.1) is 11.3 Å². The van der Waals surface area contributed by atoms with Crippen LogP contribution in [0.4, 0.5) is 0 Å². The van der Waals surface area contributed by atoms with Gasteiger partial charge in [-0.3, -0.25) is 10.1 Å². The Hall–Kier alpha value is -3.15. The predicted octanol–water partition coefficient (Wildman–Crippen LogP) is 2.63. The van der Waals surface area contributed by atoms with Crippen LogP contribution in [0.3, 0.4) is 0 Å². The average Bonchev–Trinajstić information content (AvgIpc) is 3.20. The summed E-state index contributed by atoms with van der Waals surface area (Å²) in [6.45, 7) is -0.366. The molecule has 0 spiro atoms. The number of nitrogens with one attached hydrogen (secondary N) is 2. The first-order valence-electron chi connectivity index (χ1n) is 7.26. The molecule has 2 N–H and O–H groups in total. The molecule has 1 fully saturated rings. The minimum absolute atomic E-state index is 0.123. The van der Waals surface area contributed by atoms with Gasteiger partial charge in [0.1, 0.15) is 23.3 Å². The molecule has 0 atom stereocenters. The number of hydrogen-bond acceptors (Lipinski definition) is 6. The molecule has 0 aliphatic carbocycles. The smallest absolute Gasteiger partial charge is 0.340 e. The lowest BCUT2D eigenvalue weighted by Crippen LogP contribution is -2.21. The molecule has 1 aromatic heterocycles. The molecule has 1 aliphatic heterocycles. The number of esters is 1. The minimum atomic E-state index is -0.701. The largest absolute Gasteiger partial charge is 0.457 e. The van der Waals surface area contributed by atoms with Crippen molar-refractivity contribution in [3.05, 3.63) is 52.4 Å². The third-order valence-corrected chi connectivity index (χ3v) is 3.91. The summed E-state index contributed by atoms with van der Waals surface area (Å²) in [7, 11) is 0. The van der Waals surface area contributed by atoms with Gasteiger partial charge < -0.3 is 14.5 Å². The Morgan fingerprint density at radius 1 is 1.35 bits per heavy atom. The van der Waals surface area contributed by atoms with Gasteiger partial charge in [-0.15, -0.1) is 0 Å². The second-order valence-corrected chi connectivity index (χ2v) is 5.91. The molecule has 1 aliphatic rings. The maximum atomic E-state index is 11.9. The second kappa shape index (κ2) is 7.39. The van der Waals surface area contributed by atoms with Gasteiger partial charge in [-0.1, -0.05) is 11.6 Å². The predicted molar refractivity (Wildman–Crippen MR) is 96.9 cm³/mol. The van der Waals surface area contributed by atoms with Crippen molar-refractivity contribution in [3.8, 4) is 17.4 Å². The van der Waals surface area contributed by atoms with Gasteiger partial charge in [-0.25, -0.2) is 4.79 Å². The highest BCUT2D eigenvalue weighted by Crippen LogP contribution is 2.28. The standard InChI is InChI=1S/C17H10ClN3O4S/c18-12-3-1-9(7-11(12)16(23)24-6-5-19)14-4-2-10(25-14)8-13-15(22)21-17(26)20-13/h1-4,7-8H,6H2,(H2,20,21,22,26)/b13-8-. The van der Waals surface area contributed by atoms with Crippen molar-refractivity contribution in [3.63, 3.8) is 0 Å². The number of nitriles is 1. The summed E-state index contributed by atoms with van der Waals surface area (Å²) in [6.07, 6.45) is 1.51. The van der Waals surface area contributed by atoms with Crippen LogP contribution in [0.25, 0.3) is 17.4 Å². The number of benzene rings is 1. The fraction of sp³-hybridized carbons (Fsp3) is 0.0588. The van der Waals surface area contributed by atoms with Gasteiger partial charge in [0, 0.05) is 11.6 Å². The molecular weight excluding hydrogens is 378 g/mol. The number of hydrogen-bond donors (Lipinski definition) is 2. The SMILES string of the molecule is N#CCOC(=O)c1cc(-c2ccc(/C=C3\NC(=S)NC3=O)o2)ccc1Cl. The van der Waals surface area contributed by atoms with Gasteiger partial charge in [0.25, 0.3) is 5.91 Å². The van der Waals surface area contributed by atoms with E-state index >= 15 is 0 Å². The zero-order valence-electron chi connectivity index (χ0n) is 13.0. The zero-order chi connectivity index (χ0) is 18.7. The van der Waals surface area contributed by atoms with Crippen molar-refractivity contribution in [1.82, 2.24) is 10.6 Å². The number of amides is 1. The van der Waals surface area contributed by atoms with Crippen LogP contribution < -0.4 is 10.6 Å². The topological polar surface area (TPSA) is 104 Å². The van der Waals surface area contributed by atoms with E-state index in [0.717, 1.165) is 0 Å². The molecule has 7 nitrogen and oxygen atoms in total. The first-order chi connectivity index (χ1) is 12.5. The maximum Gasteiger partial charge on any atom is 0.340 e. The second-order valence-electron chi connectivity index (χ2n) is 5.10. The molecular formula is C17H10ClN3O4S. The minimum Gasteiger partial charge on any atom is -0.457 e. The summed E-state index contributed by atoms with van der Waals surface area (Å²) in [5.74, 6) is -0.163. The zero-order valence-corrected chi connectivity index (χ0v) is 14.6. The lowest BCUT2D eigenvalue weighted by atomic mass is 10.1. The first-order valence-corrected chi connectivity index (χ1v) is 8.04. The Balaban J connectivity index is 1.87. The van der Waals surface area contributed by atoms with Crippen LogP contribution in [-0.2, 0) is 9.53 Å². The Morgan fingerprint density at radius 2 is 2.15 bits per heavy atom. The lowest BCUT2D eigenvalue weighted by Gasteiger charge is -2.05. The van der Waals surface area contributed by atoms with Crippen LogP contribution in [-0.4, -0.2) is 23.6 Å². The summed E-state index contributed by atoms with van der Waals surface area (Å²) in [5.41, 5.74) is 0.980. The molecule has 1 aromatic carbocycles. The quantitative estimate of drug-likeness (QED) is 0.472. The Kier molecular flexibility index (Phi) is 5.02. The summed E-state index contributed by atoms with van der Waals surface area (Å²) in [5, 5.41) is 14.1. The Bertz CT molecular complexity index is 990. The number of halogens is 1. The Labute approximate surface area is 158 Å². The number of carbonyl (C=O) groups is 2. The summed E-state index contributed by atoms with van der Waals surface area (Å²) in [6, 6.07) is 9.79. The number of furan rings is 1. The van der Waals surface area contributed by atoms with Crippen molar-refractivity contribution in [2.75, 3.05) is 6.61 Å². The molecule has 1 saturated heterocycles. The van der Waals surface area contributed by atoms with Gasteiger partial charge in [-0.2, -0.15) is 5.26 Å². The third-order valence-electron chi connectivity index (χ3n) is 3.37. The van der Waals surface area contributed by atoms with Crippen LogP contribution in [0.1, 0.15) is 16.1 Å². The van der Waals surface area contributed by atoms with Crippen LogP contribution in [0.15, 0.2) is 40.4 Å². The van der Waals surface area contributed by atoms with E-state index < -0.39 is 5.97 Å². The number of ether oxygens (including phenoxy) is 1. The molecule has 130 valence electrons. The summed E-state index contributed by atoms with van der Waals surface area (Å²) < 4.78 is 10.5. The van der Waals surface area contributed by atoms with E-state index in [9.17, 15) is 9.59 Å². The van der Waals surface area contributed by atoms with Crippen LogP contribution in [0.2, 0.25) is 5.02 Å². The van der Waals surface area contributed by atoms with E-state index in [1.165, 1.54) is 18.2 Å². The number of rotatable bonds is 4. The summed E-state index contributed by atoms with van der Waals surface area (Å²) in [4.78, 5) is 23.6. The van der Waals surface area contributed by atoms with E-state index in [1.807, 2.05) is 0 Å². The van der Waals surface area contributed by atoms with E-state index in [-0.39, 0.29) is 33.9 Å². The molecule has 0 radical (unpaired) electrons. The van der Waals surface area contributed by atoms with Crippen molar-refractivity contribution >= 4 is 46.9 Å². The molecule has 0 saturated carbocycles. The number of nitrogens with zero attached hydrogens (tertiary/aromatic N) is 1. The first kappa shape index (κ1) is 17.7. The van der Waals surface area contributed by atoms with E-state index in [1.54, 1.807) is 24.3 Å². The number of thiocarbonyl (C=S) groups is 1. The fourth-order valence-electron chi connectivity index (χ4n) is 2.22. The summed E-state index contributed by atoms with van der Waals surface area (Å²) >= 11 is 10.9. The molecule has 9 heteroatoms. The monoisotopic (exact) mass is 387 g/mol. The van der Waals surface area contributed by atoms with Gasteiger partial charge in [-0.05, 0) is 42.5 Å². The van der Waals surface area contributed by atoms with Crippen molar-refractivity contribution in [1.29, 1.82) is 5.26 Å². The van der Waals surface area contributed by atoms with Gasteiger partial charge in [0.2, 0.25) is 0 Å². The van der Waals surface area contributed by atoms with Crippen LogP contribution in [0.5, 0.6) is 0 Å². The fourth-order valence-corrected chi connectivity index (χ4v) is 2.62. The van der Waals surface area contributed by atoms with Gasteiger partial charge in [0.15, 0.2) is 11.7 Å². The third kappa shape index (κ3) is 3.74. The van der Waals surface area contributed by atoms with Crippen molar-refractivity contribution in [2.24, 2.45) is 0 Å². The molecule has 0 bridgehead atoms. The molecule has 0 unspecified atom stereocenters. The molecule has 26 heavy (non-hydrogen) atoms. The van der Waals surface area contributed by atoms with E-state index in [0.29, 0.717) is 17.1 Å². The van der Waals surface area contributed by atoms with E-state index in [4.69, 9.17) is 38.2 Å². The molecule has 2 aromatic rings. The molecule has 3 rings (SSSR count). The van der Waals surface area contributed by atoms with Crippen LogP contribution >= 0.6 is 23.8 Å². The molecule has 1 amide bonds. The lowest BCUT2D eigenvalue weighted by molar-refractivity contribution is -0.115. The maximum absolute atomic E-state index is 11.9. The highest BCUT2D eigenvalue weighted by atomic mass is 35.5. The molecule has 2 heterocycles. The highest BCUT2D eigenvalue weighted by Gasteiger charge is 2.21. The highest BCUT2D eigenvalue weighted by molar-refractivity contribution is 7.80. The van der Waals surface area contributed by atoms with Gasteiger partial charge in [0.05, 0.1) is 10.6 Å². The number of carbonyl (C=O) groups excluding carboxylic acids is 2. The van der Waals surface area contributed by atoms with Crippen molar-refractivity contribution < 1.29 is 18.7 Å². The average molecular weight is 388 g/mol. The van der Waals surface area contributed by atoms with Crippen molar-refractivity contribution in [2.45, 2.75) is 0 Å².